The summed E-state index contributed by atoms with van der Waals surface area (Å²) in [5.74, 6) is 0.645. The van der Waals surface area contributed by atoms with E-state index in [-0.39, 0.29) is 12.0 Å². The molecule has 2 bridgehead atoms. The van der Waals surface area contributed by atoms with Gasteiger partial charge in [0.05, 0.1) is 17.0 Å². The van der Waals surface area contributed by atoms with Gasteiger partial charge in [0.15, 0.2) is 0 Å². The van der Waals surface area contributed by atoms with E-state index in [1.54, 1.807) is 32.2 Å². The highest BCUT2D eigenvalue weighted by molar-refractivity contribution is 7.90. The van der Waals surface area contributed by atoms with Gasteiger partial charge < -0.3 is 14.4 Å². The highest BCUT2D eigenvalue weighted by Gasteiger charge is 2.38. The van der Waals surface area contributed by atoms with Crippen molar-refractivity contribution in [3.63, 3.8) is 0 Å². The van der Waals surface area contributed by atoms with E-state index in [0.717, 1.165) is 67.9 Å². The van der Waals surface area contributed by atoms with Crippen molar-refractivity contribution < 1.29 is 22.7 Å². The molecule has 5 atom stereocenters. The second-order valence-corrected chi connectivity index (χ2v) is 14.2. The SMILES string of the molecule is COC1C/C=C/[C@H](C)[C@@H](C)S(=O)(=O)NC(=O)c2ccc3c(c2)N(CCCCc2cc(Cl)ccc2CO3)C[C@@H]2CC[C@@H]12. The normalized spacial score (nSPS) is 29.4. The Balaban J connectivity index is 1.54. The molecule has 0 radical (unpaired) electrons. The number of nitrogens with one attached hydrogen (secondary N) is 1. The Hall–Kier alpha value is -2.55. The first-order valence-electron chi connectivity index (χ1n) is 14.7. The number of anilines is 1. The van der Waals surface area contributed by atoms with Crippen molar-refractivity contribution in [2.24, 2.45) is 17.8 Å². The molecule has 3 aliphatic rings. The summed E-state index contributed by atoms with van der Waals surface area (Å²) in [5, 5.41) is -0.0562. The minimum absolute atomic E-state index is 0.0713. The highest BCUT2D eigenvalue weighted by Crippen LogP contribution is 2.42. The number of ether oxygens (including phenoxy) is 2. The van der Waals surface area contributed by atoms with Gasteiger partial charge in [-0.05, 0) is 105 Å². The number of carbonyl (C=O) groups excluding carboxylic acids is 1. The average molecular weight is 601 g/mol. The summed E-state index contributed by atoms with van der Waals surface area (Å²) in [7, 11) is -2.13. The van der Waals surface area contributed by atoms with Crippen molar-refractivity contribution in [2.75, 3.05) is 25.1 Å². The number of aryl methyl sites for hydroxylation is 1. The number of sulfonamides is 1. The molecule has 222 valence electrons. The summed E-state index contributed by atoms with van der Waals surface area (Å²) in [6.07, 6.45) is 9.86. The van der Waals surface area contributed by atoms with Gasteiger partial charge in [0, 0.05) is 30.8 Å². The first-order valence-corrected chi connectivity index (χ1v) is 16.6. The molecule has 1 unspecified atom stereocenters. The molecule has 2 aromatic carbocycles. The number of halogens is 1. The van der Waals surface area contributed by atoms with Crippen LogP contribution in [-0.2, 0) is 27.8 Å². The number of rotatable bonds is 1. The molecule has 1 amide bonds. The molecule has 7 nitrogen and oxygen atoms in total. The second-order valence-electron chi connectivity index (χ2n) is 11.8. The number of hydrogen-bond donors (Lipinski definition) is 1. The van der Waals surface area contributed by atoms with Crippen LogP contribution in [-0.4, -0.2) is 45.9 Å². The van der Waals surface area contributed by atoms with E-state index in [1.165, 1.54) is 5.56 Å². The molecule has 1 N–H and O–H groups in total. The fourth-order valence-electron chi connectivity index (χ4n) is 6.27. The number of nitrogens with zero attached hydrogens (tertiary/aromatic N) is 1. The third kappa shape index (κ3) is 6.76. The van der Waals surface area contributed by atoms with E-state index in [4.69, 9.17) is 21.1 Å². The van der Waals surface area contributed by atoms with E-state index in [2.05, 4.69) is 9.62 Å². The van der Waals surface area contributed by atoms with Crippen LogP contribution in [0.25, 0.3) is 0 Å². The first kappa shape index (κ1) is 29.9. The predicted octanol–water partition coefficient (Wildman–Crippen LogP) is 6.15. The number of allylic oxidation sites excluding steroid dienone is 1. The van der Waals surface area contributed by atoms with Gasteiger partial charge in [0.1, 0.15) is 12.4 Å². The van der Waals surface area contributed by atoms with Gasteiger partial charge in [-0.3, -0.25) is 4.79 Å². The number of amides is 1. The molecule has 5 rings (SSSR count). The molecule has 41 heavy (non-hydrogen) atoms. The van der Waals surface area contributed by atoms with Crippen molar-refractivity contribution in [2.45, 2.75) is 70.3 Å². The Kier molecular flexibility index (Phi) is 9.31. The lowest BCUT2D eigenvalue weighted by atomic mass is 9.69. The van der Waals surface area contributed by atoms with Crippen LogP contribution in [0.1, 0.15) is 67.4 Å². The van der Waals surface area contributed by atoms with Gasteiger partial charge in [0.2, 0.25) is 10.0 Å². The molecule has 2 aromatic rings. The number of fused-ring (bicyclic) bond motifs is 3. The van der Waals surface area contributed by atoms with Crippen LogP contribution in [0.5, 0.6) is 5.75 Å². The van der Waals surface area contributed by atoms with Crippen LogP contribution in [0.4, 0.5) is 5.69 Å². The van der Waals surface area contributed by atoms with Gasteiger partial charge >= 0.3 is 0 Å². The highest BCUT2D eigenvalue weighted by atomic mass is 35.5. The Morgan fingerprint density at radius 2 is 1.90 bits per heavy atom. The Morgan fingerprint density at radius 3 is 2.66 bits per heavy atom. The van der Waals surface area contributed by atoms with E-state index >= 15 is 0 Å². The Bertz CT molecular complexity index is 1390. The smallest absolute Gasteiger partial charge is 0.264 e. The van der Waals surface area contributed by atoms with E-state index in [1.807, 2.05) is 37.3 Å². The lowest BCUT2D eigenvalue weighted by Crippen LogP contribution is -2.44. The monoisotopic (exact) mass is 600 g/mol. The van der Waals surface area contributed by atoms with Crippen molar-refractivity contribution in [3.05, 3.63) is 70.3 Å². The largest absolute Gasteiger partial charge is 0.487 e. The van der Waals surface area contributed by atoms with Gasteiger partial charge in [0.25, 0.3) is 5.91 Å². The fourth-order valence-corrected chi connectivity index (χ4v) is 7.68. The molecular formula is C32H41ClN2O5S. The summed E-state index contributed by atoms with van der Waals surface area (Å²) < 4.78 is 41.0. The molecule has 2 aliphatic heterocycles. The Labute approximate surface area is 249 Å². The van der Waals surface area contributed by atoms with Gasteiger partial charge in [-0.2, -0.15) is 0 Å². The molecule has 1 saturated carbocycles. The molecule has 0 spiro atoms. The van der Waals surface area contributed by atoms with Gasteiger partial charge in [-0.1, -0.05) is 36.7 Å². The molecule has 1 aliphatic carbocycles. The summed E-state index contributed by atoms with van der Waals surface area (Å²) in [4.78, 5) is 15.6. The first-order chi connectivity index (χ1) is 19.7. The number of benzene rings is 2. The molecule has 1 fully saturated rings. The van der Waals surface area contributed by atoms with Crippen LogP contribution in [0.3, 0.4) is 0 Å². The minimum Gasteiger partial charge on any atom is -0.487 e. The maximum absolute atomic E-state index is 13.3. The maximum atomic E-state index is 13.3. The van der Waals surface area contributed by atoms with E-state index in [9.17, 15) is 13.2 Å². The van der Waals surface area contributed by atoms with Crippen molar-refractivity contribution >= 4 is 33.2 Å². The predicted molar refractivity (Wildman–Crippen MR) is 163 cm³/mol. The standard InChI is InChI=1S/C32H41ClN2O5S/c1-21-7-6-9-30(39-3)28-14-11-25(28)19-35-16-5-4-8-23-17-27(33)13-10-26(23)20-40-31-15-12-24(18-29(31)35)32(36)34-41(37,38)22(21)2/h6-7,10,12-13,15,17-18,21-22,25,28,30H,4-5,8-9,11,14,16,19-20H2,1-3H3,(H,34,36)/b7-6+/t21-,22+,25-,28+,30?/m0/s1. The zero-order valence-corrected chi connectivity index (χ0v) is 25.7. The Morgan fingerprint density at radius 1 is 1.07 bits per heavy atom. The zero-order chi connectivity index (χ0) is 29.1. The zero-order valence-electron chi connectivity index (χ0n) is 24.1. The molecule has 2 heterocycles. The molecule has 0 aromatic heterocycles. The van der Waals surface area contributed by atoms with Gasteiger partial charge in [-0.15, -0.1) is 0 Å². The number of carbonyl (C=O) groups is 1. The molecular weight excluding hydrogens is 560 g/mol. The second kappa shape index (κ2) is 12.8. The van der Waals surface area contributed by atoms with Crippen LogP contribution in [0.2, 0.25) is 5.02 Å². The summed E-state index contributed by atoms with van der Waals surface area (Å²) in [6.45, 7) is 5.50. The van der Waals surface area contributed by atoms with Crippen molar-refractivity contribution in [3.8, 4) is 5.75 Å². The fraction of sp³-hybridized carbons (Fsp3) is 0.531. The van der Waals surface area contributed by atoms with Crippen LogP contribution >= 0.6 is 11.6 Å². The summed E-state index contributed by atoms with van der Waals surface area (Å²) in [5.41, 5.74) is 3.40. The average Bonchev–Trinajstić information content (AvgIpc) is 2.96. The van der Waals surface area contributed by atoms with Crippen LogP contribution < -0.4 is 14.4 Å². The maximum Gasteiger partial charge on any atom is 0.264 e. The lowest BCUT2D eigenvalue weighted by molar-refractivity contribution is -0.0139. The number of methoxy groups -OCH3 is 1. The lowest BCUT2D eigenvalue weighted by Gasteiger charge is -2.44. The summed E-state index contributed by atoms with van der Waals surface area (Å²) in [6, 6.07) is 11.2. The topological polar surface area (TPSA) is 84.9 Å². The van der Waals surface area contributed by atoms with Crippen molar-refractivity contribution in [1.82, 2.24) is 4.72 Å². The third-order valence-corrected chi connectivity index (χ3v) is 11.3. The minimum atomic E-state index is -3.90. The third-order valence-electron chi connectivity index (χ3n) is 9.22. The van der Waals surface area contributed by atoms with E-state index < -0.39 is 21.2 Å². The molecule has 9 heteroatoms. The number of hydrogen-bond acceptors (Lipinski definition) is 6. The molecule has 0 saturated heterocycles. The summed E-state index contributed by atoms with van der Waals surface area (Å²) >= 11 is 6.31. The van der Waals surface area contributed by atoms with Crippen LogP contribution in [0, 0.1) is 17.8 Å². The van der Waals surface area contributed by atoms with Crippen LogP contribution in [0.15, 0.2) is 48.6 Å². The van der Waals surface area contributed by atoms with Crippen molar-refractivity contribution in [1.29, 1.82) is 0 Å². The quantitative estimate of drug-likeness (QED) is 0.395. The van der Waals surface area contributed by atoms with E-state index in [0.29, 0.717) is 29.8 Å². The van der Waals surface area contributed by atoms with Gasteiger partial charge in [-0.25, -0.2) is 13.1 Å².